The van der Waals surface area contributed by atoms with Gasteiger partial charge in [0.15, 0.2) is 6.23 Å². The van der Waals surface area contributed by atoms with Crippen molar-refractivity contribution in [3.8, 4) is 0 Å². The molecule has 0 amide bonds. The summed E-state index contributed by atoms with van der Waals surface area (Å²) in [5, 5.41) is 44.9. The molecule has 0 spiro atoms. The number of aliphatic hydroxyl groups excluding tert-OH is 3. The number of aliphatic hydroxyl groups is 3. The summed E-state index contributed by atoms with van der Waals surface area (Å²) in [6, 6.07) is 6.57. The number of rotatable bonds is 3. The molecule has 1 saturated heterocycles. The molecule has 4 rings (SSSR count). The Kier molecular flexibility index (Phi) is 5.32. The van der Waals surface area contributed by atoms with Crippen LogP contribution in [0.15, 0.2) is 41.5 Å². The summed E-state index contributed by atoms with van der Waals surface area (Å²) in [5.74, 6) is 0.134. The fraction of sp³-hybridized carbons (Fsp3) is 0.500. The van der Waals surface area contributed by atoms with Gasteiger partial charge in [0.1, 0.15) is 36.4 Å². The van der Waals surface area contributed by atoms with E-state index in [1.165, 1.54) is 0 Å². The van der Waals surface area contributed by atoms with Crippen LogP contribution in [0.4, 0.5) is 0 Å². The highest BCUT2D eigenvalue weighted by Gasteiger charge is 2.51. The van der Waals surface area contributed by atoms with Crippen LogP contribution < -0.4 is 10.8 Å². The Bertz CT molecular complexity index is 776. The highest BCUT2D eigenvalue weighted by atomic mass is 35.5. The third-order valence-electron chi connectivity index (χ3n) is 5.39. The van der Waals surface area contributed by atoms with Crippen molar-refractivity contribution >= 4 is 17.4 Å². The molecule has 1 aromatic rings. The molecule has 1 aromatic carbocycles. The molecule has 3 unspecified atom stereocenters. The van der Waals surface area contributed by atoms with Crippen molar-refractivity contribution in [1.29, 1.82) is 0 Å². The summed E-state index contributed by atoms with van der Waals surface area (Å²) in [5.41, 5.74) is 2.65. The van der Waals surface area contributed by atoms with Crippen LogP contribution in [0, 0.1) is 5.92 Å². The van der Waals surface area contributed by atoms with Crippen molar-refractivity contribution in [2.45, 2.75) is 49.9 Å². The highest BCUT2D eigenvalue weighted by molar-refractivity contribution is 6.30. The van der Waals surface area contributed by atoms with E-state index in [1.807, 2.05) is 13.0 Å². The first kappa shape index (κ1) is 19.6. The minimum absolute atomic E-state index is 0.266. The van der Waals surface area contributed by atoms with Crippen molar-refractivity contribution in [3.63, 3.8) is 0 Å². The van der Waals surface area contributed by atoms with Crippen LogP contribution in [0.3, 0.4) is 0 Å². The van der Waals surface area contributed by atoms with Crippen LogP contribution in [0.2, 0.25) is 5.02 Å². The molecule has 1 fully saturated rings. The largest absolute Gasteiger partial charge is 0.387 e. The predicted molar refractivity (Wildman–Crippen MR) is 100 cm³/mol. The number of hydroxylamine groups is 1. The van der Waals surface area contributed by atoms with Gasteiger partial charge < -0.3 is 25.0 Å². The summed E-state index contributed by atoms with van der Waals surface area (Å²) in [6.07, 6.45) is -2.61. The maximum absolute atomic E-state index is 10.7. The number of amidine groups is 1. The number of nitrogens with zero attached hydrogens (tertiary/aromatic N) is 2. The van der Waals surface area contributed by atoms with Crippen LogP contribution in [-0.2, 0) is 4.74 Å². The van der Waals surface area contributed by atoms with Gasteiger partial charge in [-0.15, -0.1) is 0 Å². The summed E-state index contributed by atoms with van der Waals surface area (Å²) >= 11 is 5.88. The molecule has 152 valence electrons. The Morgan fingerprint density at radius 1 is 1.25 bits per heavy atom. The van der Waals surface area contributed by atoms with Crippen molar-refractivity contribution in [1.82, 2.24) is 15.7 Å². The Hall–Kier alpha value is -1.72. The molecule has 10 heteroatoms. The molecule has 28 heavy (non-hydrogen) atoms. The molecule has 9 nitrogen and oxygen atoms in total. The lowest BCUT2D eigenvalue weighted by atomic mass is 9.99. The first-order valence-electron chi connectivity index (χ1n) is 9.05. The zero-order valence-corrected chi connectivity index (χ0v) is 15.8. The lowest BCUT2D eigenvalue weighted by Crippen LogP contribution is -2.59. The van der Waals surface area contributed by atoms with Crippen LogP contribution in [0.5, 0.6) is 0 Å². The minimum atomic E-state index is -1.28. The van der Waals surface area contributed by atoms with Gasteiger partial charge >= 0.3 is 0 Å². The molecule has 3 heterocycles. The maximum atomic E-state index is 10.7. The van der Waals surface area contributed by atoms with E-state index in [9.17, 15) is 20.5 Å². The standard InChI is InChI=1S/C18H23ClN4O5/c1-8-20-16(22-27)11-6-7-23(17(11)21-8)18-14(26)13(25)15(28-18)12(24)9-2-4-10(19)5-3-9/h2-8,11-15,17-18,21,24-27H,1H3,(H,20,22)/t8?,11?,12-,13+,14-,15-,17?,18-/m1/s1. The Morgan fingerprint density at radius 3 is 2.64 bits per heavy atom. The van der Waals surface area contributed by atoms with Gasteiger partial charge in [-0.3, -0.25) is 21.0 Å². The van der Waals surface area contributed by atoms with Crippen molar-refractivity contribution in [2.75, 3.05) is 0 Å². The van der Waals surface area contributed by atoms with Crippen molar-refractivity contribution in [3.05, 3.63) is 47.1 Å². The zero-order valence-electron chi connectivity index (χ0n) is 15.1. The molecule has 0 radical (unpaired) electrons. The molecule has 0 saturated carbocycles. The quantitative estimate of drug-likeness (QED) is 0.382. The smallest absolute Gasteiger partial charge is 0.160 e. The zero-order chi connectivity index (χ0) is 20.0. The number of fused-ring (bicyclic) bond motifs is 1. The van der Waals surface area contributed by atoms with Gasteiger partial charge in [0.05, 0.1) is 12.1 Å². The summed E-state index contributed by atoms with van der Waals surface area (Å²) in [4.78, 5) is 6.02. The highest BCUT2D eigenvalue weighted by Crippen LogP contribution is 2.36. The van der Waals surface area contributed by atoms with Gasteiger partial charge in [-0.1, -0.05) is 29.8 Å². The van der Waals surface area contributed by atoms with E-state index >= 15 is 0 Å². The fourth-order valence-electron chi connectivity index (χ4n) is 3.97. The van der Waals surface area contributed by atoms with E-state index in [1.54, 1.807) is 35.4 Å². The number of aliphatic imine (C=N–C) groups is 1. The Labute approximate surface area is 166 Å². The fourth-order valence-corrected chi connectivity index (χ4v) is 4.10. The van der Waals surface area contributed by atoms with Gasteiger partial charge in [-0.05, 0) is 24.6 Å². The van der Waals surface area contributed by atoms with E-state index in [-0.39, 0.29) is 18.2 Å². The number of hydrogen-bond donors (Lipinski definition) is 6. The second kappa shape index (κ2) is 7.60. The average molecular weight is 411 g/mol. The number of benzene rings is 1. The van der Waals surface area contributed by atoms with Crippen LogP contribution in [0.25, 0.3) is 0 Å². The molecular weight excluding hydrogens is 388 g/mol. The van der Waals surface area contributed by atoms with E-state index < -0.39 is 30.6 Å². The van der Waals surface area contributed by atoms with Gasteiger partial charge in [0, 0.05) is 11.2 Å². The minimum Gasteiger partial charge on any atom is -0.387 e. The first-order chi connectivity index (χ1) is 13.4. The first-order valence-corrected chi connectivity index (χ1v) is 9.43. The molecule has 8 atom stereocenters. The van der Waals surface area contributed by atoms with Gasteiger partial charge in [-0.25, -0.2) is 0 Å². The number of hydrogen-bond acceptors (Lipinski definition) is 9. The topological polar surface area (TPSA) is 130 Å². The SMILES string of the molecule is CC1N=C(NO)C2C=CN([C@@H]3O[C@H]([C@H](O)c4ccc(Cl)cc4)[C@@H](O)[C@H]3O)C2N1. The lowest BCUT2D eigenvalue weighted by Gasteiger charge is -2.39. The average Bonchev–Trinajstić information content (AvgIpc) is 3.22. The van der Waals surface area contributed by atoms with Crippen LogP contribution >= 0.6 is 11.6 Å². The molecule has 0 aliphatic carbocycles. The van der Waals surface area contributed by atoms with Gasteiger partial charge in [-0.2, -0.15) is 0 Å². The van der Waals surface area contributed by atoms with E-state index in [0.717, 1.165) is 0 Å². The third kappa shape index (κ3) is 3.29. The molecule has 3 aliphatic rings. The molecule has 3 aliphatic heterocycles. The Morgan fingerprint density at radius 2 is 1.96 bits per heavy atom. The summed E-state index contributed by atoms with van der Waals surface area (Å²) < 4.78 is 5.90. The van der Waals surface area contributed by atoms with Crippen molar-refractivity contribution < 1.29 is 25.3 Å². The van der Waals surface area contributed by atoms with E-state index in [4.69, 9.17) is 16.3 Å². The van der Waals surface area contributed by atoms with Gasteiger partial charge in [0.25, 0.3) is 0 Å². The molecular formula is C18H23ClN4O5. The van der Waals surface area contributed by atoms with Crippen LogP contribution in [0.1, 0.15) is 18.6 Å². The summed E-state index contributed by atoms with van der Waals surface area (Å²) in [6.45, 7) is 1.83. The molecule has 0 bridgehead atoms. The van der Waals surface area contributed by atoms with E-state index in [2.05, 4.69) is 15.8 Å². The van der Waals surface area contributed by atoms with Gasteiger partial charge in [0.2, 0.25) is 0 Å². The third-order valence-corrected chi connectivity index (χ3v) is 5.65. The number of nitrogens with one attached hydrogen (secondary N) is 2. The second-order valence-electron chi connectivity index (χ2n) is 7.20. The van der Waals surface area contributed by atoms with Crippen molar-refractivity contribution in [2.24, 2.45) is 10.9 Å². The molecule has 6 N–H and O–H groups in total. The summed E-state index contributed by atoms with van der Waals surface area (Å²) in [7, 11) is 0. The van der Waals surface area contributed by atoms with Crippen LogP contribution in [-0.4, -0.2) is 68.1 Å². The number of ether oxygens (including phenoxy) is 1. The number of halogens is 1. The lowest BCUT2D eigenvalue weighted by molar-refractivity contribution is -0.115. The second-order valence-corrected chi connectivity index (χ2v) is 7.63. The Balaban J connectivity index is 1.53. The monoisotopic (exact) mass is 410 g/mol. The van der Waals surface area contributed by atoms with E-state index in [0.29, 0.717) is 16.4 Å². The predicted octanol–water partition coefficient (Wildman–Crippen LogP) is -0.0818. The maximum Gasteiger partial charge on any atom is 0.160 e. The normalized spacial score (nSPS) is 38.3. The molecule has 0 aromatic heterocycles.